The molecule has 3 aromatic rings. The number of halogens is 1. The molecule has 8 nitrogen and oxygen atoms in total. The number of hydrogen-bond donors (Lipinski definition) is 2. The lowest BCUT2D eigenvalue weighted by Gasteiger charge is -2.10. The van der Waals surface area contributed by atoms with Gasteiger partial charge in [0.25, 0.3) is 15.9 Å². The van der Waals surface area contributed by atoms with Crippen LogP contribution >= 0.6 is 0 Å². The monoisotopic (exact) mass is 445 g/mol. The molecule has 2 N–H and O–H groups in total. The lowest BCUT2D eigenvalue weighted by molar-refractivity contribution is -0.115. The molecule has 0 atom stereocenters. The summed E-state index contributed by atoms with van der Waals surface area (Å²) in [5.41, 5.74) is 0.857. The second kappa shape index (κ2) is 9.11. The van der Waals surface area contributed by atoms with Crippen molar-refractivity contribution in [3.8, 4) is 0 Å². The van der Waals surface area contributed by atoms with Crippen molar-refractivity contribution < 1.29 is 26.8 Å². The van der Waals surface area contributed by atoms with Crippen LogP contribution in [0.15, 0.2) is 70.2 Å². The van der Waals surface area contributed by atoms with Gasteiger partial charge in [0, 0.05) is 19.8 Å². The molecule has 10 heteroatoms. The van der Waals surface area contributed by atoms with Crippen LogP contribution in [0.25, 0.3) is 0 Å². The van der Waals surface area contributed by atoms with Crippen LogP contribution in [0.5, 0.6) is 0 Å². The van der Waals surface area contributed by atoms with Gasteiger partial charge in [0.15, 0.2) is 5.76 Å². The maximum Gasteiger partial charge on any atom is 0.291 e. The third kappa shape index (κ3) is 5.36. The summed E-state index contributed by atoms with van der Waals surface area (Å²) in [4.78, 5) is 24.6. The maximum absolute atomic E-state index is 14.1. The molecule has 0 bridgehead atoms. The molecule has 1 heterocycles. The highest BCUT2D eigenvalue weighted by Crippen LogP contribution is 2.22. The number of anilines is 2. The molecule has 1 aromatic heterocycles. The van der Waals surface area contributed by atoms with Crippen LogP contribution in [-0.2, 0) is 21.2 Å². The van der Waals surface area contributed by atoms with E-state index in [1.54, 1.807) is 24.3 Å². The molecule has 0 fully saturated rings. The van der Waals surface area contributed by atoms with E-state index in [9.17, 15) is 22.4 Å². The van der Waals surface area contributed by atoms with E-state index in [0.29, 0.717) is 0 Å². The molecular weight excluding hydrogens is 425 g/mol. The van der Waals surface area contributed by atoms with Gasteiger partial charge in [0.1, 0.15) is 5.82 Å². The second-order valence-electron chi connectivity index (χ2n) is 6.77. The minimum Gasteiger partial charge on any atom is -0.438 e. The lowest BCUT2D eigenvalue weighted by Crippen LogP contribution is -2.21. The van der Waals surface area contributed by atoms with Gasteiger partial charge in [-0.3, -0.25) is 9.59 Å². The second-order valence-corrected chi connectivity index (χ2v) is 8.85. The quantitative estimate of drug-likeness (QED) is 0.581. The summed E-state index contributed by atoms with van der Waals surface area (Å²) in [5.74, 6) is -2.05. The standard InChI is InChI=1S/C21H20FN3O5S/c1-25(2)31(28,29)20-11-10-18(30-20)21(27)23-15-8-9-16(22)17(13-15)24-19(26)12-14-6-4-3-5-7-14/h3-11,13H,12H2,1-2H3,(H,23,27)(H,24,26). The van der Waals surface area contributed by atoms with E-state index in [1.807, 2.05) is 6.07 Å². The fourth-order valence-corrected chi connectivity index (χ4v) is 3.42. The van der Waals surface area contributed by atoms with Crippen LogP contribution in [0, 0.1) is 5.82 Å². The zero-order valence-corrected chi connectivity index (χ0v) is 17.6. The summed E-state index contributed by atoms with van der Waals surface area (Å²) < 4.78 is 44.3. The average Bonchev–Trinajstić information content (AvgIpc) is 3.22. The van der Waals surface area contributed by atoms with E-state index in [4.69, 9.17) is 4.42 Å². The van der Waals surface area contributed by atoms with E-state index >= 15 is 0 Å². The third-order valence-electron chi connectivity index (χ3n) is 4.25. The molecule has 0 aliphatic heterocycles. The number of benzene rings is 2. The van der Waals surface area contributed by atoms with Crippen LogP contribution in [0.4, 0.5) is 15.8 Å². The maximum atomic E-state index is 14.1. The van der Waals surface area contributed by atoms with E-state index in [-0.39, 0.29) is 28.6 Å². The molecule has 0 unspecified atom stereocenters. The Balaban J connectivity index is 1.71. The third-order valence-corrected chi connectivity index (χ3v) is 5.94. The van der Waals surface area contributed by atoms with Gasteiger partial charge in [-0.05, 0) is 35.9 Å². The molecule has 2 amide bonds. The Bertz CT molecular complexity index is 1210. The summed E-state index contributed by atoms with van der Waals surface area (Å²) in [6, 6.07) is 15.0. The van der Waals surface area contributed by atoms with Crippen LogP contribution < -0.4 is 10.6 Å². The molecule has 0 aliphatic rings. The van der Waals surface area contributed by atoms with Crippen molar-refractivity contribution in [2.24, 2.45) is 0 Å². The van der Waals surface area contributed by atoms with Crippen LogP contribution in [0.1, 0.15) is 16.1 Å². The normalized spacial score (nSPS) is 11.4. The Hall–Kier alpha value is -3.50. The van der Waals surface area contributed by atoms with Crippen molar-refractivity contribution in [1.29, 1.82) is 0 Å². The predicted octanol–water partition coefficient (Wildman–Crippen LogP) is 3.10. The van der Waals surface area contributed by atoms with Gasteiger partial charge < -0.3 is 15.1 Å². The molecule has 0 radical (unpaired) electrons. The number of carbonyl (C=O) groups excluding carboxylic acids is 2. The zero-order chi connectivity index (χ0) is 22.6. The highest BCUT2D eigenvalue weighted by atomic mass is 32.2. The van der Waals surface area contributed by atoms with Gasteiger partial charge in [-0.25, -0.2) is 17.1 Å². The predicted molar refractivity (Wildman–Crippen MR) is 113 cm³/mol. The Morgan fingerprint density at radius 3 is 2.39 bits per heavy atom. The minimum atomic E-state index is -3.82. The Kier molecular flexibility index (Phi) is 6.52. The number of carbonyl (C=O) groups is 2. The van der Waals surface area contributed by atoms with Gasteiger partial charge in [-0.15, -0.1) is 0 Å². The fourth-order valence-electron chi connectivity index (χ4n) is 2.63. The molecule has 3 rings (SSSR count). The molecule has 0 saturated carbocycles. The summed E-state index contributed by atoms with van der Waals surface area (Å²) in [6.45, 7) is 0. The first-order valence-corrected chi connectivity index (χ1v) is 10.6. The van der Waals surface area contributed by atoms with Crippen molar-refractivity contribution in [2.75, 3.05) is 24.7 Å². The van der Waals surface area contributed by atoms with Crippen molar-refractivity contribution >= 4 is 33.2 Å². The number of rotatable bonds is 7. The molecule has 0 aliphatic carbocycles. The van der Waals surface area contributed by atoms with Crippen molar-refractivity contribution in [3.05, 3.63) is 77.8 Å². The number of nitrogens with one attached hydrogen (secondary N) is 2. The SMILES string of the molecule is CN(C)S(=O)(=O)c1ccc(C(=O)Nc2ccc(F)c(NC(=O)Cc3ccccc3)c2)o1. The molecule has 0 spiro atoms. The molecule has 0 saturated heterocycles. The largest absolute Gasteiger partial charge is 0.438 e. The Morgan fingerprint density at radius 2 is 1.71 bits per heavy atom. The van der Waals surface area contributed by atoms with E-state index in [0.717, 1.165) is 15.9 Å². The first-order chi connectivity index (χ1) is 14.7. The molecule has 162 valence electrons. The fraction of sp³-hybridized carbons (Fsp3) is 0.143. The molecule has 31 heavy (non-hydrogen) atoms. The lowest BCUT2D eigenvalue weighted by atomic mass is 10.1. The first kappa shape index (κ1) is 22.2. The summed E-state index contributed by atoms with van der Waals surface area (Å²) in [5, 5.41) is 4.58. The topological polar surface area (TPSA) is 109 Å². The molecule has 2 aromatic carbocycles. The minimum absolute atomic E-state index is 0.0619. The Morgan fingerprint density at radius 1 is 1.00 bits per heavy atom. The Labute approximate surface area is 178 Å². The van der Waals surface area contributed by atoms with E-state index in [2.05, 4.69) is 10.6 Å². The van der Waals surface area contributed by atoms with Gasteiger partial charge >= 0.3 is 0 Å². The molecular formula is C21H20FN3O5S. The highest BCUT2D eigenvalue weighted by Gasteiger charge is 2.23. The number of furan rings is 1. The van der Waals surface area contributed by atoms with Gasteiger partial charge in [0.05, 0.1) is 12.1 Å². The van der Waals surface area contributed by atoms with Gasteiger partial charge in [-0.1, -0.05) is 30.3 Å². The van der Waals surface area contributed by atoms with E-state index < -0.39 is 27.7 Å². The highest BCUT2D eigenvalue weighted by molar-refractivity contribution is 7.88. The van der Waals surface area contributed by atoms with Crippen LogP contribution in [0.3, 0.4) is 0 Å². The van der Waals surface area contributed by atoms with Crippen molar-refractivity contribution in [1.82, 2.24) is 4.31 Å². The summed E-state index contributed by atoms with van der Waals surface area (Å²) >= 11 is 0. The number of amides is 2. The van der Waals surface area contributed by atoms with Crippen molar-refractivity contribution in [2.45, 2.75) is 11.5 Å². The summed E-state index contributed by atoms with van der Waals surface area (Å²) in [6.07, 6.45) is 0.0619. The number of sulfonamides is 1. The number of hydrogen-bond acceptors (Lipinski definition) is 5. The first-order valence-electron chi connectivity index (χ1n) is 9.14. The van der Waals surface area contributed by atoms with Crippen LogP contribution in [0.2, 0.25) is 0 Å². The van der Waals surface area contributed by atoms with E-state index in [1.165, 1.54) is 38.4 Å². The van der Waals surface area contributed by atoms with Crippen LogP contribution in [-0.4, -0.2) is 38.6 Å². The summed E-state index contributed by atoms with van der Waals surface area (Å²) in [7, 11) is -1.15. The smallest absolute Gasteiger partial charge is 0.291 e. The number of nitrogens with zero attached hydrogens (tertiary/aromatic N) is 1. The average molecular weight is 445 g/mol. The van der Waals surface area contributed by atoms with Gasteiger partial charge in [-0.2, -0.15) is 0 Å². The van der Waals surface area contributed by atoms with Crippen molar-refractivity contribution in [3.63, 3.8) is 0 Å². The zero-order valence-electron chi connectivity index (χ0n) is 16.8. The van der Waals surface area contributed by atoms with Gasteiger partial charge in [0.2, 0.25) is 11.0 Å².